The molecule has 10 heteroatoms. The molecule has 0 aliphatic heterocycles. The summed E-state index contributed by atoms with van der Waals surface area (Å²) in [7, 11) is -5.86. The van der Waals surface area contributed by atoms with Crippen LogP contribution < -0.4 is 9.74 Å². The summed E-state index contributed by atoms with van der Waals surface area (Å²) in [5, 5.41) is 5.01. The minimum absolute atomic E-state index is 0.0134. The Labute approximate surface area is 116 Å². The van der Waals surface area contributed by atoms with Crippen LogP contribution in [0, 0.1) is 13.8 Å². The molecule has 6 nitrogen and oxygen atoms in total. The number of rotatable bonds is 2. The van der Waals surface area contributed by atoms with Crippen molar-refractivity contribution in [1.82, 2.24) is 10.2 Å². The van der Waals surface area contributed by atoms with Gasteiger partial charge in [0.1, 0.15) is 0 Å². The summed E-state index contributed by atoms with van der Waals surface area (Å²) in [4.78, 5) is 11.6. The van der Waals surface area contributed by atoms with Gasteiger partial charge in [-0.05, 0) is 37.1 Å². The highest BCUT2D eigenvalue weighted by atomic mass is 32.2. The van der Waals surface area contributed by atoms with Crippen molar-refractivity contribution in [2.45, 2.75) is 19.4 Å². The maximum absolute atomic E-state index is 12.3. The molecule has 0 saturated heterocycles. The van der Waals surface area contributed by atoms with E-state index in [1.165, 1.54) is 12.1 Å². The predicted octanol–water partition coefficient (Wildman–Crippen LogP) is 1.77. The summed E-state index contributed by atoms with van der Waals surface area (Å²) in [6, 6.07) is 2.76. The van der Waals surface area contributed by atoms with Crippen LogP contribution in [0.5, 0.6) is 5.88 Å². The van der Waals surface area contributed by atoms with Gasteiger partial charge in [-0.15, -0.1) is 5.10 Å². The van der Waals surface area contributed by atoms with Gasteiger partial charge in [-0.2, -0.15) is 21.6 Å². The van der Waals surface area contributed by atoms with Crippen molar-refractivity contribution in [2.24, 2.45) is 0 Å². The molecule has 0 fully saturated rings. The zero-order valence-corrected chi connectivity index (χ0v) is 11.6. The lowest BCUT2D eigenvalue weighted by Crippen LogP contribution is -2.29. The third-order valence-corrected chi connectivity index (χ3v) is 3.78. The molecule has 1 aromatic carbocycles. The van der Waals surface area contributed by atoms with E-state index in [9.17, 15) is 26.4 Å². The average molecular weight is 322 g/mol. The highest BCUT2D eigenvalue weighted by Crippen LogP contribution is 2.29. The third-order valence-electron chi connectivity index (χ3n) is 2.84. The molecule has 1 aromatic heterocycles. The Hall–Kier alpha value is -2.10. The van der Waals surface area contributed by atoms with Gasteiger partial charge in [0.15, 0.2) is 0 Å². The fraction of sp³-hybridized carbons (Fsp3) is 0.273. The number of fused-ring (bicyclic) bond motifs is 1. The first-order chi connectivity index (χ1) is 9.53. The number of aromatic nitrogens is 2. The van der Waals surface area contributed by atoms with Crippen molar-refractivity contribution in [3.05, 3.63) is 33.6 Å². The van der Waals surface area contributed by atoms with Crippen molar-refractivity contribution < 1.29 is 25.8 Å². The number of H-pyrrole nitrogens is 1. The maximum atomic E-state index is 12.3. The van der Waals surface area contributed by atoms with Crippen LogP contribution in [-0.2, 0) is 10.1 Å². The lowest BCUT2D eigenvalue weighted by molar-refractivity contribution is -0.0501. The Morgan fingerprint density at radius 1 is 1.14 bits per heavy atom. The summed E-state index contributed by atoms with van der Waals surface area (Å²) in [6.45, 7) is 3.35. The molecule has 0 spiro atoms. The largest absolute Gasteiger partial charge is 0.534 e. The molecule has 1 N–H and O–H groups in total. The van der Waals surface area contributed by atoms with Gasteiger partial charge in [-0.1, -0.05) is 0 Å². The van der Waals surface area contributed by atoms with E-state index in [1.807, 2.05) is 5.10 Å². The molecule has 0 unspecified atom stereocenters. The summed E-state index contributed by atoms with van der Waals surface area (Å²) >= 11 is 0. The van der Waals surface area contributed by atoms with Crippen molar-refractivity contribution in [2.75, 3.05) is 0 Å². The van der Waals surface area contributed by atoms with E-state index in [4.69, 9.17) is 0 Å². The van der Waals surface area contributed by atoms with Crippen molar-refractivity contribution in [1.29, 1.82) is 0 Å². The van der Waals surface area contributed by atoms with Crippen molar-refractivity contribution >= 4 is 20.9 Å². The van der Waals surface area contributed by atoms with Gasteiger partial charge in [0.05, 0.1) is 10.8 Å². The topological polar surface area (TPSA) is 89.1 Å². The molecule has 0 aliphatic carbocycles. The SMILES string of the molecule is Cc1cc2c(OS(=O)(=O)C(F)(F)F)n[nH]c(=O)c2cc1C. The molecule has 0 atom stereocenters. The average Bonchev–Trinajstić information content (AvgIpc) is 2.34. The van der Waals surface area contributed by atoms with Crippen LogP contribution >= 0.6 is 0 Å². The van der Waals surface area contributed by atoms with Gasteiger partial charge in [0.2, 0.25) is 0 Å². The highest BCUT2D eigenvalue weighted by Gasteiger charge is 2.49. The summed E-state index contributed by atoms with van der Waals surface area (Å²) in [6.07, 6.45) is 0. The molecular formula is C11H9F3N2O4S. The number of aromatic amines is 1. The second-order valence-electron chi connectivity index (χ2n) is 4.32. The van der Waals surface area contributed by atoms with Gasteiger partial charge >= 0.3 is 15.6 Å². The minimum Gasteiger partial charge on any atom is -0.353 e. The molecule has 0 bridgehead atoms. The van der Waals surface area contributed by atoms with Gasteiger partial charge in [0.25, 0.3) is 11.4 Å². The van der Waals surface area contributed by atoms with Crippen LogP contribution in [0.15, 0.2) is 16.9 Å². The molecule has 0 aliphatic rings. The quantitative estimate of drug-likeness (QED) is 0.672. The summed E-state index contributed by atoms with van der Waals surface area (Å²) in [5.74, 6) is -0.829. The molecule has 0 amide bonds. The van der Waals surface area contributed by atoms with Gasteiger partial charge < -0.3 is 4.18 Å². The number of nitrogens with zero attached hydrogens (tertiary/aromatic N) is 1. The Morgan fingerprint density at radius 2 is 1.67 bits per heavy atom. The maximum Gasteiger partial charge on any atom is 0.534 e. The normalized spacial score (nSPS) is 12.6. The number of alkyl halides is 3. The van der Waals surface area contributed by atoms with Gasteiger partial charge in [0, 0.05) is 0 Å². The first kappa shape index (κ1) is 15.3. The smallest absolute Gasteiger partial charge is 0.353 e. The fourth-order valence-corrected chi connectivity index (χ4v) is 2.05. The molecule has 2 aromatic rings. The summed E-state index contributed by atoms with van der Waals surface area (Å²) in [5.41, 5.74) is -4.89. The lowest BCUT2D eigenvalue weighted by atomic mass is 10.1. The fourth-order valence-electron chi connectivity index (χ4n) is 1.62. The zero-order valence-electron chi connectivity index (χ0n) is 10.8. The molecule has 2 rings (SSSR count). The van der Waals surface area contributed by atoms with Crippen molar-refractivity contribution in [3.8, 4) is 5.88 Å². The van der Waals surface area contributed by atoms with E-state index in [2.05, 4.69) is 9.28 Å². The first-order valence-corrected chi connectivity index (χ1v) is 6.94. The van der Waals surface area contributed by atoms with Crippen LogP contribution in [-0.4, -0.2) is 24.1 Å². The van der Waals surface area contributed by atoms with E-state index in [0.29, 0.717) is 11.1 Å². The zero-order chi connectivity index (χ0) is 16.0. The Kier molecular flexibility index (Phi) is 3.44. The predicted molar refractivity (Wildman–Crippen MR) is 67.4 cm³/mol. The Balaban J connectivity index is 2.70. The van der Waals surface area contributed by atoms with Crippen LogP contribution in [0.25, 0.3) is 10.8 Å². The third kappa shape index (κ3) is 2.71. The number of halogens is 3. The lowest BCUT2D eigenvalue weighted by Gasteiger charge is -2.11. The minimum atomic E-state index is -5.86. The molecular weight excluding hydrogens is 313 g/mol. The second kappa shape index (κ2) is 4.72. The summed E-state index contributed by atoms with van der Waals surface area (Å²) < 4.78 is 63.0. The van der Waals surface area contributed by atoms with E-state index in [1.54, 1.807) is 13.8 Å². The first-order valence-electron chi connectivity index (χ1n) is 5.53. The number of aryl methyl sites for hydroxylation is 2. The number of hydrogen-bond donors (Lipinski definition) is 1. The molecule has 0 saturated carbocycles. The van der Waals surface area contributed by atoms with Crippen LogP contribution in [0.2, 0.25) is 0 Å². The van der Waals surface area contributed by atoms with E-state index in [-0.39, 0.29) is 10.8 Å². The monoisotopic (exact) mass is 322 g/mol. The molecule has 0 radical (unpaired) electrons. The van der Waals surface area contributed by atoms with E-state index >= 15 is 0 Å². The molecule has 1 heterocycles. The van der Waals surface area contributed by atoms with Crippen LogP contribution in [0.4, 0.5) is 13.2 Å². The standard InChI is InChI=1S/C11H9F3N2O4S/c1-5-3-7-8(4-6(5)2)10(16-15-9(7)17)20-21(18,19)11(12,13)14/h3-4H,1-2H3,(H,15,17). The number of hydrogen-bond acceptors (Lipinski definition) is 5. The van der Waals surface area contributed by atoms with Crippen LogP contribution in [0.3, 0.4) is 0 Å². The second-order valence-corrected chi connectivity index (χ2v) is 5.86. The van der Waals surface area contributed by atoms with Gasteiger partial charge in [-0.3, -0.25) is 4.79 Å². The van der Waals surface area contributed by atoms with Gasteiger partial charge in [-0.25, -0.2) is 5.10 Å². The van der Waals surface area contributed by atoms with Crippen LogP contribution in [0.1, 0.15) is 11.1 Å². The number of benzene rings is 1. The van der Waals surface area contributed by atoms with E-state index < -0.39 is 27.1 Å². The van der Waals surface area contributed by atoms with Crippen molar-refractivity contribution in [3.63, 3.8) is 0 Å². The molecule has 114 valence electrons. The van der Waals surface area contributed by atoms with E-state index in [0.717, 1.165) is 0 Å². The highest BCUT2D eigenvalue weighted by molar-refractivity contribution is 7.88. The Bertz CT molecular complexity index is 871. The Morgan fingerprint density at radius 3 is 2.19 bits per heavy atom. The molecule has 21 heavy (non-hydrogen) atoms. The number of nitrogens with one attached hydrogen (secondary N) is 1.